The molecule has 0 aliphatic carbocycles. The van der Waals surface area contributed by atoms with Crippen molar-refractivity contribution < 1.29 is 5.48 Å². The molecule has 3 N–H and O–H groups in total. The van der Waals surface area contributed by atoms with Crippen molar-refractivity contribution in [2.45, 2.75) is 25.8 Å². The summed E-state index contributed by atoms with van der Waals surface area (Å²) in [5.74, 6) is 1.67. The molecule has 1 saturated heterocycles. The van der Waals surface area contributed by atoms with Crippen LogP contribution >= 0.6 is 24.8 Å². The Labute approximate surface area is 207 Å². The van der Waals surface area contributed by atoms with Crippen LogP contribution in [0.1, 0.15) is 24.8 Å². The first kappa shape index (κ1) is 26.8. The highest BCUT2D eigenvalue weighted by molar-refractivity contribution is 6.05. The Kier molecular flexibility index (Phi) is 10.3. The van der Waals surface area contributed by atoms with Gasteiger partial charge in [0.1, 0.15) is 11.3 Å². The lowest BCUT2D eigenvalue weighted by molar-refractivity contribution is 0.174. The van der Waals surface area contributed by atoms with Gasteiger partial charge in [-0.25, -0.2) is 0 Å². The second-order valence-electron chi connectivity index (χ2n) is 8.37. The minimum Gasteiger partial charge on any atom is -0.412 e. The van der Waals surface area contributed by atoms with Gasteiger partial charge in [-0.1, -0.05) is 66.7 Å². The number of hydrogen-bond donors (Lipinski definition) is 1. The highest BCUT2D eigenvalue weighted by Crippen LogP contribution is 2.25. The minimum atomic E-state index is 0. The van der Waals surface area contributed by atoms with Crippen molar-refractivity contribution in [2.75, 3.05) is 25.0 Å². The van der Waals surface area contributed by atoms with E-state index in [0.29, 0.717) is 0 Å². The van der Waals surface area contributed by atoms with Gasteiger partial charge >= 0.3 is 0 Å². The average molecular weight is 487 g/mol. The van der Waals surface area contributed by atoms with Crippen LogP contribution < -0.4 is 5.32 Å². The molecular formula is C26H32Cl2N4O. The third-order valence-corrected chi connectivity index (χ3v) is 6.30. The molecule has 33 heavy (non-hydrogen) atoms. The topological polar surface area (TPSA) is 72.6 Å². The summed E-state index contributed by atoms with van der Waals surface area (Å²) >= 11 is 0. The number of likely N-dealkylation sites (tertiary alicyclic amines) is 1. The number of piperidine rings is 1. The summed E-state index contributed by atoms with van der Waals surface area (Å²) in [6.45, 7) is 4.43. The molecule has 3 aromatic carbocycles. The molecule has 0 bridgehead atoms. The zero-order valence-corrected chi connectivity index (χ0v) is 20.2. The van der Waals surface area contributed by atoms with Crippen molar-refractivity contribution in [3.8, 4) is 0 Å². The van der Waals surface area contributed by atoms with Gasteiger partial charge in [-0.2, -0.15) is 0 Å². The number of nitrogens with one attached hydrogen (secondary N) is 1. The van der Waals surface area contributed by atoms with Gasteiger partial charge in [-0.05, 0) is 55.3 Å². The van der Waals surface area contributed by atoms with E-state index in [2.05, 4.69) is 93.2 Å². The molecule has 1 aliphatic rings. The molecule has 0 radical (unpaired) electrons. The second kappa shape index (κ2) is 12.7. The molecule has 2 heterocycles. The lowest BCUT2D eigenvalue weighted by atomic mass is 9.93. The lowest BCUT2D eigenvalue weighted by Crippen LogP contribution is -2.33. The lowest BCUT2D eigenvalue weighted by Gasteiger charge is -2.32. The number of rotatable bonds is 6. The predicted molar refractivity (Wildman–Crippen MR) is 143 cm³/mol. The fraction of sp³-hybridized carbons (Fsp3) is 0.308. The number of aromatic nitrogens is 2. The third kappa shape index (κ3) is 6.55. The predicted octanol–water partition coefficient (Wildman–Crippen LogP) is 5.52. The van der Waals surface area contributed by atoms with Gasteiger partial charge in [0.15, 0.2) is 0 Å². The molecule has 7 heteroatoms. The smallest absolute Gasteiger partial charge is 0.149 e. The summed E-state index contributed by atoms with van der Waals surface area (Å²) in [6.07, 6.45) is 3.75. The number of fused-ring (bicyclic) bond motifs is 3. The standard InChI is InChI=1S/C26H28N4.2ClH.H2O/c1-2-6-21(7-3-1)19-30-16-13-20(14-17-30)12-15-27-25-18-23-11-10-22-8-4-5-9-24(22)26(23)29-28-25;;;/h1-11,18,20H,12-17,19H2,(H,27,28);2*1H;1H2. The first-order valence-electron chi connectivity index (χ1n) is 11.0. The number of anilines is 1. The van der Waals surface area contributed by atoms with E-state index in [1.54, 1.807) is 0 Å². The van der Waals surface area contributed by atoms with Crippen molar-refractivity contribution in [1.82, 2.24) is 15.1 Å². The molecule has 0 atom stereocenters. The van der Waals surface area contributed by atoms with E-state index in [0.717, 1.165) is 41.1 Å². The van der Waals surface area contributed by atoms with Crippen LogP contribution in [-0.4, -0.2) is 40.2 Å². The van der Waals surface area contributed by atoms with Gasteiger partial charge in [0.25, 0.3) is 0 Å². The molecule has 0 saturated carbocycles. The molecule has 176 valence electrons. The number of hydrogen-bond acceptors (Lipinski definition) is 4. The van der Waals surface area contributed by atoms with E-state index in [1.807, 2.05) is 0 Å². The minimum absolute atomic E-state index is 0. The Balaban J connectivity index is 0.00000128. The molecule has 1 fully saturated rings. The summed E-state index contributed by atoms with van der Waals surface area (Å²) in [4.78, 5) is 2.58. The van der Waals surface area contributed by atoms with Gasteiger partial charge < -0.3 is 10.8 Å². The van der Waals surface area contributed by atoms with Crippen LogP contribution in [0.2, 0.25) is 0 Å². The molecule has 1 aromatic heterocycles. The third-order valence-electron chi connectivity index (χ3n) is 6.30. The maximum Gasteiger partial charge on any atom is 0.149 e. The van der Waals surface area contributed by atoms with Crippen LogP contribution in [0.15, 0.2) is 72.8 Å². The van der Waals surface area contributed by atoms with Crippen LogP contribution in [0.25, 0.3) is 21.7 Å². The quantitative estimate of drug-likeness (QED) is 0.364. The first-order valence-corrected chi connectivity index (χ1v) is 11.0. The molecule has 0 unspecified atom stereocenters. The van der Waals surface area contributed by atoms with Gasteiger partial charge in [0.05, 0.1) is 0 Å². The van der Waals surface area contributed by atoms with Crippen LogP contribution in [0.4, 0.5) is 5.82 Å². The van der Waals surface area contributed by atoms with E-state index >= 15 is 0 Å². The van der Waals surface area contributed by atoms with E-state index in [1.165, 1.54) is 43.3 Å². The summed E-state index contributed by atoms with van der Waals surface area (Å²) in [7, 11) is 0. The summed E-state index contributed by atoms with van der Waals surface area (Å²) in [5.41, 5.74) is 2.39. The monoisotopic (exact) mass is 486 g/mol. The van der Waals surface area contributed by atoms with Gasteiger partial charge in [0, 0.05) is 23.9 Å². The maximum absolute atomic E-state index is 4.51. The Bertz CT molecular complexity index is 1130. The molecule has 4 aromatic rings. The van der Waals surface area contributed by atoms with Crippen LogP contribution in [0.3, 0.4) is 0 Å². The van der Waals surface area contributed by atoms with Crippen molar-refractivity contribution in [3.05, 3.63) is 78.4 Å². The van der Waals surface area contributed by atoms with Crippen LogP contribution in [-0.2, 0) is 6.54 Å². The van der Waals surface area contributed by atoms with Crippen LogP contribution in [0, 0.1) is 5.92 Å². The zero-order chi connectivity index (χ0) is 20.2. The Morgan fingerprint density at radius 1 is 0.818 bits per heavy atom. The van der Waals surface area contributed by atoms with Gasteiger partial charge in [-0.3, -0.25) is 4.90 Å². The number of benzene rings is 3. The largest absolute Gasteiger partial charge is 0.412 e. The van der Waals surface area contributed by atoms with E-state index in [-0.39, 0.29) is 30.3 Å². The molecule has 1 aliphatic heterocycles. The summed E-state index contributed by atoms with van der Waals surface area (Å²) < 4.78 is 0. The highest BCUT2D eigenvalue weighted by Gasteiger charge is 2.19. The number of halogens is 2. The normalized spacial score (nSPS) is 14.2. The van der Waals surface area contributed by atoms with E-state index in [9.17, 15) is 0 Å². The first-order chi connectivity index (χ1) is 14.8. The zero-order valence-electron chi connectivity index (χ0n) is 18.6. The molecule has 5 nitrogen and oxygen atoms in total. The Morgan fingerprint density at radius 3 is 2.30 bits per heavy atom. The van der Waals surface area contributed by atoms with Crippen molar-refractivity contribution >= 4 is 52.3 Å². The maximum atomic E-state index is 4.51. The molecule has 0 amide bonds. The summed E-state index contributed by atoms with van der Waals surface area (Å²) in [5, 5.41) is 15.9. The second-order valence-corrected chi connectivity index (χ2v) is 8.37. The van der Waals surface area contributed by atoms with Gasteiger partial charge in [-0.15, -0.1) is 35.0 Å². The van der Waals surface area contributed by atoms with Crippen molar-refractivity contribution in [2.24, 2.45) is 5.92 Å². The fourth-order valence-corrected chi connectivity index (χ4v) is 4.55. The van der Waals surface area contributed by atoms with Crippen LogP contribution in [0.5, 0.6) is 0 Å². The molecular weight excluding hydrogens is 455 g/mol. The molecule has 0 spiro atoms. The SMILES string of the molecule is Cl.Cl.O.c1ccc(CN2CCC(CCNc3cc4ccc5ccccc5c4nn3)CC2)cc1. The van der Waals surface area contributed by atoms with Gasteiger partial charge in [0.2, 0.25) is 0 Å². The number of nitrogens with zero attached hydrogens (tertiary/aromatic N) is 3. The van der Waals surface area contributed by atoms with Crippen molar-refractivity contribution in [3.63, 3.8) is 0 Å². The fourth-order valence-electron chi connectivity index (χ4n) is 4.55. The summed E-state index contributed by atoms with van der Waals surface area (Å²) in [6, 6.07) is 25.6. The van der Waals surface area contributed by atoms with E-state index < -0.39 is 0 Å². The Hall–Kier alpha value is -2.44. The van der Waals surface area contributed by atoms with Crippen molar-refractivity contribution in [1.29, 1.82) is 0 Å². The molecule has 5 rings (SSSR count). The average Bonchev–Trinajstić information content (AvgIpc) is 2.81. The Morgan fingerprint density at radius 2 is 1.52 bits per heavy atom. The highest BCUT2D eigenvalue weighted by atomic mass is 35.5. The van der Waals surface area contributed by atoms with E-state index in [4.69, 9.17) is 0 Å².